The van der Waals surface area contributed by atoms with Gasteiger partial charge in [-0.25, -0.2) is 0 Å². The SMILES string of the molecule is Cc1ccc(C(=O)CC2S/C(=N\N=C\c3c(-c4ccccc4)[nH]c4ccccc34)NC2=O)cc1C. The Morgan fingerprint density at radius 2 is 1.77 bits per heavy atom. The minimum absolute atomic E-state index is 0.0585. The number of amidine groups is 1. The molecule has 0 radical (unpaired) electrons. The van der Waals surface area contributed by atoms with Crippen molar-refractivity contribution >= 4 is 45.7 Å². The summed E-state index contributed by atoms with van der Waals surface area (Å²) in [6, 6.07) is 23.7. The van der Waals surface area contributed by atoms with Gasteiger partial charge in [-0.3, -0.25) is 9.59 Å². The lowest BCUT2D eigenvalue weighted by Gasteiger charge is -2.06. The first-order valence-electron chi connectivity index (χ1n) is 11.3. The van der Waals surface area contributed by atoms with Crippen LogP contribution in [0.5, 0.6) is 0 Å². The quantitative estimate of drug-likeness (QED) is 0.213. The number of amides is 1. The van der Waals surface area contributed by atoms with Crippen LogP contribution in [-0.4, -0.2) is 33.3 Å². The van der Waals surface area contributed by atoms with Crippen LogP contribution in [-0.2, 0) is 4.79 Å². The number of carbonyl (C=O) groups excluding carboxylic acids is 2. The van der Waals surface area contributed by atoms with Gasteiger partial charge in [0.05, 0.1) is 17.2 Å². The number of aromatic nitrogens is 1. The number of nitrogens with one attached hydrogen (secondary N) is 2. The molecule has 3 aromatic carbocycles. The number of fused-ring (bicyclic) bond motifs is 1. The second-order valence-electron chi connectivity index (χ2n) is 8.50. The highest BCUT2D eigenvalue weighted by molar-refractivity contribution is 8.15. The van der Waals surface area contributed by atoms with Gasteiger partial charge in [0.25, 0.3) is 0 Å². The van der Waals surface area contributed by atoms with Crippen molar-refractivity contribution < 1.29 is 9.59 Å². The number of nitrogens with zero attached hydrogens (tertiary/aromatic N) is 2. The van der Waals surface area contributed by atoms with E-state index in [4.69, 9.17) is 0 Å². The molecule has 2 N–H and O–H groups in total. The zero-order valence-corrected chi connectivity index (χ0v) is 20.2. The number of aromatic amines is 1. The zero-order chi connectivity index (χ0) is 24.4. The molecule has 2 heterocycles. The number of carbonyl (C=O) groups is 2. The van der Waals surface area contributed by atoms with Crippen LogP contribution in [0.25, 0.3) is 22.2 Å². The molecule has 5 rings (SSSR count). The second-order valence-corrected chi connectivity index (χ2v) is 9.69. The van der Waals surface area contributed by atoms with Gasteiger partial charge in [-0.05, 0) is 42.7 Å². The lowest BCUT2D eigenvalue weighted by atomic mass is 10.0. The summed E-state index contributed by atoms with van der Waals surface area (Å²) >= 11 is 1.24. The Morgan fingerprint density at radius 3 is 2.57 bits per heavy atom. The third-order valence-corrected chi connectivity index (χ3v) is 7.19. The molecular weight excluding hydrogens is 456 g/mol. The number of aryl methyl sites for hydroxylation is 2. The van der Waals surface area contributed by atoms with E-state index in [-0.39, 0.29) is 18.1 Å². The summed E-state index contributed by atoms with van der Waals surface area (Å²) in [5.74, 6) is -0.282. The van der Waals surface area contributed by atoms with Crippen molar-refractivity contribution in [2.24, 2.45) is 10.2 Å². The maximum absolute atomic E-state index is 12.7. The Kier molecular flexibility index (Phi) is 6.33. The highest BCUT2D eigenvalue weighted by atomic mass is 32.2. The van der Waals surface area contributed by atoms with Crippen molar-refractivity contribution in [2.45, 2.75) is 25.5 Å². The van der Waals surface area contributed by atoms with E-state index in [0.29, 0.717) is 10.7 Å². The van der Waals surface area contributed by atoms with Crippen molar-refractivity contribution in [3.63, 3.8) is 0 Å². The lowest BCUT2D eigenvalue weighted by molar-refractivity contribution is -0.118. The summed E-state index contributed by atoms with van der Waals surface area (Å²) in [6.45, 7) is 3.98. The fraction of sp³-hybridized carbons (Fsp3) is 0.143. The topological polar surface area (TPSA) is 86.7 Å². The van der Waals surface area contributed by atoms with Gasteiger partial charge >= 0.3 is 0 Å². The fourth-order valence-corrected chi connectivity index (χ4v) is 4.98. The fourth-order valence-electron chi connectivity index (χ4n) is 4.06. The monoisotopic (exact) mass is 480 g/mol. The highest BCUT2D eigenvalue weighted by Crippen LogP contribution is 2.29. The molecule has 4 aromatic rings. The number of rotatable bonds is 6. The van der Waals surface area contributed by atoms with Gasteiger partial charge in [0.15, 0.2) is 11.0 Å². The Morgan fingerprint density at radius 1 is 1.00 bits per heavy atom. The molecule has 0 spiro atoms. The van der Waals surface area contributed by atoms with E-state index in [2.05, 4.69) is 20.5 Å². The Hall–Kier alpha value is -3.97. The standard InChI is InChI=1S/C28H24N4O2S/c1-17-12-13-20(14-18(17)2)24(33)15-25-27(34)31-28(35-25)32-29-16-22-21-10-6-7-11-23(21)30-26(22)19-8-4-3-5-9-19/h3-14,16,25,30H,15H2,1-2H3,(H,31,32,34)/b29-16+. The van der Waals surface area contributed by atoms with E-state index < -0.39 is 5.25 Å². The first kappa shape index (κ1) is 22.8. The number of hydrogen-bond donors (Lipinski definition) is 2. The third-order valence-electron chi connectivity index (χ3n) is 6.12. The van der Waals surface area contributed by atoms with Gasteiger partial charge < -0.3 is 10.3 Å². The van der Waals surface area contributed by atoms with E-state index in [1.54, 1.807) is 6.21 Å². The van der Waals surface area contributed by atoms with Crippen molar-refractivity contribution in [3.05, 3.63) is 95.1 Å². The predicted octanol–water partition coefficient (Wildman–Crippen LogP) is 5.65. The van der Waals surface area contributed by atoms with Gasteiger partial charge in [0, 0.05) is 28.5 Å². The summed E-state index contributed by atoms with van der Waals surface area (Å²) in [4.78, 5) is 28.6. The molecule has 1 amide bonds. The second kappa shape index (κ2) is 9.72. The highest BCUT2D eigenvalue weighted by Gasteiger charge is 2.32. The number of hydrogen-bond acceptors (Lipinski definition) is 5. The van der Waals surface area contributed by atoms with E-state index >= 15 is 0 Å². The minimum Gasteiger partial charge on any atom is -0.354 e. The van der Waals surface area contributed by atoms with Gasteiger partial charge in [-0.1, -0.05) is 72.4 Å². The normalized spacial score (nSPS) is 16.9. The first-order chi connectivity index (χ1) is 17.0. The molecule has 35 heavy (non-hydrogen) atoms. The van der Waals surface area contributed by atoms with E-state index in [1.165, 1.54) is 11.8 Å². The van der Waals surface area contributed by atoms with E-state index in [9.17, 15) is 9.59 Å². The predicted molar refractivity (Wildman–Crippen MR) is 143 cm³/mol. The van der Waals surface area contributed by atoms with Crippen LogP contribution in [0.4, 0.5) is 0 Å². The van der Waals surface area contributed by atoms with Crippen LogP contribution in [0.2, 0.25) is 0 Å². The molecule has 1 unspecified atom stereocenters. The van der Waals surface area contributed by atoms with E-state index in [0.717, 1.165) is 38.9 Å². The molecule has 1 saturated heterocycles. The minimum atomic E-state index is -0.522. The van der Waals surface area contributed by atoms with Gasteiger partial charge in [0.1, 0.15) is 0 Å². The molecule has 0 aliphatic carbocycles. The molecule has 0 bridgehead atoms. The average Bonchev–Trinajstić information content (AvgIpc) is 3.41. The van der Waals surface area contributed by atoms with Crippen molar-refractivity contribution in [1.82, 2.24) is 10.3 Å². The molecule has 7 heteroatoms. The molecule has 1 fully saturated rings. The summed E-state index contributed by atoms with van der Waals surface area (Å²) in [6.07, 6.45) is 1.82. The van der Waals surface area contributed by atoms with Crippen LogP contribution >= 0.6 is 11.8 Å². The van der Waals surface area contributed by atoms with Gasteiger partial charge in [-0.15, -0.1) is 5.10 Å². The van der Waals surface area contributed by atoms with Crippen molar-refractivity contribution in [2.75, 3.05) is 0 Å². The number of para-hydroxylation sites is 1. The van der Waals surface area contributed by atoms with Crippen molar-refractivity contribution in [1.29, 1.82) is 0 Å². The van der Waals surface area contributed by atoms with Crippen LogP contribution in [0.15, 0.2) is 83.0 Å². The summed E-state index contributed by atoms with van der Waals surface area (Å²) in [7, 11) is 0. The van der Waals surface area contributed by atoms with Crippen LogP contribution in [0, 0.1) is 13.8 Å². The Labute approximate surface area is 207 Å². The molecule has 174 valence electrons. The summed E-state index contributed by atoms with van der Waals surface area (Å²) < 4.78 is 0. The number of thioether (sulfide) groups is 1. The first-order valence-corrected chi connectivity index (χ1v) is 12.2. The molecule has 1 aromatic heterocycles. The smallest absolute Gasteiger partial charge is 0.240 e. The van der Waals surface area contributed by atoms with Crippen LogP contribution < -0.4 is 5.32 Å². The Bertz CT molecular complexity index is 1490. The molecular formula is C28H24N4O2S. The zero-order valence-electron chi connectivity index (χ0n) is 19.4. The third kappa shape index (κ3) is 4.81. The molecule has 1 aliphatic rings. The molecule has 6 nitrogen and oxygen atoms in total. The lowest BCUT2D eigenvalue weighted by Crippen LogP contribution is -2.26. The summed E-state index contributed by atoms with van der Waals surface area (Å²) in [5.41, 5.74) is 6.75. The van der Waals surface area contributed by atoms with Gasteiger partial charge in [-0.2, -0.15) is 5.10 Å². The maximum atomic E-state index is 12.7. The maximum Gasteiger partial charge on any atom is 0.240 e. The Balaban J connectivity index is 1.34. The number of benzene rings is 3. The van der Waals surface area contributed by atoms with Crippen molar-refractivity contribution in [3.8, 4) is 11.3 Å². The molecule has 1 aliphatic heterocycles. The van der Waals surface area contributed by atoms with Crippen LogP contribution in [0.3, 0.4) is 0 Å². The summed E-state index contributed by atoms with van der Waals surface area (Å²) in [5, 5.41) is 12.2. The molecule has 0 saturated carbocycles. The largest absolute Gasteiger partial charge is 0.354 e. The van der Waals surface area contributed by atoms with Crippen LogP contribution in [0.1, 0.15) is 33.5 Å². The number of ketones is 1. The van der Waals surface area contributed by atoms with E-state index in [1.807, 2.05) is 86.6 Å². The molecule has 1 atom stereocenters. The average molecular weight is 481 g/mol. The number of H-pyrrole nitrogens is 1. The number of Topliss-reactive ketones (excluding diaryl/α,β-unsaturated/α-hetero) is 1. The van der Waals surface area contributed by atoms with Gasteiger partial charge in [0.2, 0.25) is 5.91 Å².